The molecule has 2 aliphatic rings. The van der Waals surface area contributed by atoms with Gasteiger partial charge in [-0.1, -0.05) is 23.7 Å². The Bertz CT molecular complexity index is 1120. The van der Waals surface area contributed by atoms with Crippen molar-refractivity contribution in [3.8, 4) is 0 Å². The minimum atomic E-state index is -0.923. The summed E-state index contributed by atoms with van der Waals surface area (Å²) in [4.78, 5) is 53.7. The maximum Gasteiger partial charge on any atom is 0.258 e. The highest BCUT2D eigenvalue weighted by Gasteiger charge is 2.53. The number of carbonyl (C=O) groups excluding carboxylic acids is 4. The van der Waals surface area contributed by atoms with Gasteiger partial charge in [0.05, 0.1) is 21.8 Å². The molecule has 160 valence electrons. The fraction of sp³-hybridized carbons (Fsp3) is 0.273. The molecule has 0 saturated carbocycles. The van der Waals surface area contributed by atoms with E-state index < -0.39 is 11.6 Å². The van der Waals surface area contributed by atoms with Crippen LogP contribution in [0.25, 0.3) is 0 Å². The van der Waals surface area contributed by atoms with Gasteiger partial charge in [-0.15, -0.1) is 0 Å². The molecule has 1 atom stereocenters. The third-order valence-corrected chi connectivity index (χ3v) is 6.10. The fourth-order valence-electron chi connectivity index (χ4n) is 4.20. The minimum absolute atomic E-state index is 0.0826. The van der Waals surface area contributed by atoms with Crippen LogP contribution in [-0.2, 0) is 9.59 Å². The van der Waals surface area contributed by atoms with Crippen molar-refractivity contribution in [1.29, 1.82) is 0 Å². The van der Waals surface area contributed by atoms with Crippen LogP contribution < -0.4 is 15.5 Å². The van der Waals surface area contributed by atoms with Crippen molar-refractivity contribution in [2.75, 3.05) is 23.8 Å². The Morgan fingerprint density at radius 2 is 1.90 bits per heavy atom. The van der Waals surface area contributed by atoms with Crippen molar-refractivity contribution in [3.63, 3.8) is 0 Å². The summed E-state index contributed by atoms with van der Waals surface area (Å²) in [5, 5.41) is 5.46. The quantitative estimate of drug-likeness (QED) is 0.763. The lowest BCUT2D eigenvalue weighted by atomic mass is 9.98. The average Bonchev–Trinajstić information content (AvgIpc) is 3.07. The maximum atomic E-state index is 13.2. The second-order valence-corrected chi connectivity index (χ2v) is 8.08. The summed E-state index contributed by atoms with van der Waals surface area (Å²) in [5.41, 5.74) is 0.637. The predicted molar refractivity (Wildman–Crippen MR) is 116 cm³/mol. The zero-order valence-electron chi connectivity index (χ0n) is 17.1. The molecule has 2 aromatic carbocycles. The van der Waals surface area contributed by atoms with E-state index in [1.807, 2.05) is 0 Å². The number of amides is 4. The second kappa shape index (κ2) is 7.70. The van der Waals surface area contributed by atoms with E-state index in [4.69, 9.17) is 11.6 Å². The summed E-state index contributed by atoms with van der Waals surface area (Å²) in [6, 6.07) is 11.5. The normalized spacial score (nSPS) is 19.7. The van der Waals surface area contributed by atoms with Crippen LogP contribution in [0, 0.1) is 0 Å². The first-order valence-corrected chi connectivity index (χ1v) is 10.2. The minimum Gasteiger partial charge on any atom is -0.355 e. The van der Waals surface area contributed by atoms with E-state index in [9.17, 15) is 19.2 Å². The van der Waals surface area contributed by atoms with Gasteiger partial charge in [-0.2, -0.15) is 0 Å². The number of hydrogen-bond acceptors (Lipinski definition) is 4. The van der Waals surface area contributed by atoms with Gasteiger partial charge in [0, 0.05) is 19.2 Å². The summed E-state index contributed by atoms with van der Waals surface area (Å²) < 4.78 is 0. The summed E-state index contributed by atoms with van der Waals surface area (Å²) >= 11 is 6.06. The Morgan fingerprint density at radius 3 is 2.65 bits per heavy atom. The van der Waals surface area contributed by atoms with Crippen LogP contribution in [0.5, 0.6) is 0 Å². The van der Waals surface area contributed by atoms with Gasteiger partial charge in [-0.05, 0) is 43.7 Å². The monoisotopic (exact) mass is 440 g/mol. The molecule has 1 saturated heterocycles. The number of nitrogens with one attached hydrogen (secondary N) is 2. The molecule has 0 aliphatic carbocycles. The molecule has 1 fully saturated rings. The third-order valence-electron chi connectivity index (χ3n) is 5.77. The van der Waals surface area contributed by atoms with Crippen molar-refractivity contribution >= 4 is 46.6 Å². The Labute approximate surface area is 184 Å². The van der Waals surface area contributed by atoms with E-state index in [0.29, 0.717) is 29.8 Å². The third kappa shape index (κ3) is 3.42. The highest BCUT2D eigenvalue weighted by Crippen LogP contribution is 2.43. The summed E-state index contributed by atoms with van der Waals surface area (Å²) in [6.45, 7) is 1.55. The number of nitrogens with zero attached hydrogens (tertiary/aromatic N) is 2. The first-order chi connectivity index (χ1) is 14.8. The molecule has 4 rings (SSSR count). The van der Waals surface area contributed by atoms with Crippen LogP contribution in [0.15, 0.2) is 42.5 Å². The van der Waals surface area contributed by atoms with Gasteiger partial charge in [0.25, 0.3) is 11.8 Å². The molecular formula is C22H21ClN4O4. The lowest BCUT2D eigenvalue weighted by Gasteiger charge is -2.48. The topological polar surface area (TPSA) is 98.8 Å². The second-order valence-electron chi connectivity index (χ2n) is 7.68. The predicted octanol–water partition coefficient (Wildman–Crippen LogP) is 2.64. The van der Waals surface area contributed by atoms with Gasteiger partial charge >= 0.3 is 0 Å². The highest BCUT2D eigenvalue weighted by molar-refractivity contribution is 6.34. The molecule has 0 bridgehead atoms. The zero-order chi connectivity index (χ0) is 22.3. The first kappa shape index (κ1) is 20.9. The smallest absolute Gasteiger partial charge is 0.258 e. The van der Waals surface area contributed by atoms with E-state index in [0.717, 1.165) is 0 Å². The van der Waals surface area contributed by atoms with Gasteiger partial charge in [-0.25, -0.2) is 0 Å². The van der Waals surface area contributed by atoms with Gasteiger partial charge in [0.15, 0.2) is 0 Å². The van der Waals surface area contributed by atoms with Gasteiger partial charge in [0.1, 0.15) is 12.2 Å². The van der Waals surface area contributed by atoms with E-state index in [2.05, 4.69) is 10.6 Å². The Balaban J connectivity index is 1.61. The average molecular weight is 441 g/mol. The number of hydrogen-bond donors (Lipinski definition) is 2. The van der Waals surface area contributed by atoms with E-state index in [-0.39, 0.29) is 34.9 Å². The van der Waals surface area contributed by atoms with E-state index in [1.165, 1.54) is 24.1 Å². The van der Waals surface area contributed by atoms with Crippen LogP contribution >= 0.6 is 11.6 Å². The van der Waals surface area contributed by atoms with Crippen molar-refractivity contribution < 1.29 is 19.2 Å². The molecule has 4 amide bonds. The fourth-order valence-corrected chi connectivity index (χ4v) is 4.40. The molecule has 2 N–H and O–H groups in total. The number of carbonyl (C=O) groups is 4. The summed E-state index contributed by atoms with van der Waals surface area (Å²) in [5.74, 6) is -1.21. The highest BCUT2D eigenvalue weighted by atomic mass is 35.5. The molecule has 2 heterocycles. The largest absolute Gasteiger partial charge is 0.355 e. The molecule has 8 nitrogen and oxygen atoms in total. The number of rotatable bonds is 4. The molecule has 0 radical (unpaired) electrons. The van der Waals surface area contributed by atoms with Crippen LogP contribution in [0.3, 0.4) is 0 Å². The number of anilines is 2. The lowest BCUT2D eigenvalue weighted by molar-refractivity contribution is -0.120. The van der Waals surface area contributed by atoms with Crippen LogP contribution in [0.1, 0.15) is 40.5 Å². The Kier molecular flexibility index (Phi) is 5.18. The van der Waals surface area contributed by atoms with Crippen LogP contribution in [0.2, 0.25) is 5.02 Å². The molecule has 2 aromatic rings. The molecule has 0 aromatic heterocycles. The number of halogens is 1. The van der Waals surface area contributed by atoms with Crippen LogP contribution in [0.4, 0.5) is 11.4 Å². The lowest BCUT2D eigenvalue weighted by Crippen LogP contribution is -2.63. The number of benzene rings is 2. The molecule has 1 unspecified atom stereocenters. The van der Waals surface area contributed by atoms with Gasteiger partial charge in [0.2, 0.25) is 11.8 Å². The number of fused-ring (bicyclic) bond motifs is 3. The van der Waals surface area contributed by atoms with Gasteiger partial charge in [-0.3, -0.25) is 24.1 Å². The van der Waals surface area contributed by atoms with E-state index in [1.54, 1.807) is 42.2 Å². The Hall–Kier alpha value is -3.39. The molecular weight excluding hydrogens is 420 g/mol. The summed E-state index contributed by atoms with van der Waals surface area (Å²) in [6.07, 6.45) is 0.726. The first-order valence-electron chi connectivity index (χ1n) is 9.82. The zero-order valence-corrected chi connectivity index (χ0v) is 17.8. The van der Waals surface area contributed by atoms with Crippen molar-refractivity contribution in [1.82, 2.24) is 10.2 Å². The van der Waals surface area contributed by atoms with Crippen molar-refractivity contribution in [3.05, 3.63) is 58.6 Å². The summed E-state index contributed by atoms with van der Waals surface area (Å²) in [7, 11) is 1.49. The Morgan fingerprint density at radius 1 is 1.16 bits per heavy atom. The maximum absolute atomic E-state index is 13.2. The van der Waals surface area contributed by atoms with Gasteiger partial charge < -0.3 is 15.5 Å². The van der Waals surface area contributed by atoms with Crippen LogP contribution in [-0.4, -0.2) is 47.8 Å². The van der Waals surface area contributed by atoms with Crippen molar-refractivity contribution in [2.24, 2.45) is 0 Å². The molecule has 0 spiro atoms. The SMILES string of the molecule is CNC(=O)c1cc(NC(=O)CN2C(=O)c3ccccc3N3C(=O)CCC23C)ccc1Cl. The standard InChI is InChI=1S/C22H21ClN4O4/c1-22-10-9-19(29)27(22)17-6-4-3-5-14(17)21(31)26(22)12-18(28)25-13-7-8-16(23)15(11-13)20(30)24-2/h3-8,11H,9-10,12H2,1-2H3,(H,24,30)(H,25,28). The van der Waals surface area contributed by atoms with E-state index >= 15 is 0 Å². The molecule has 31 heavy (non-hydrogen) atoms. The molecule has 9 heteroatoms. The number of para-hydroxylation sites is 1. The van der Waals surface area contributed by atoms with Crippen molar-refractivity contribution in [2.45, 2.75) is 25.4 Å². The molecule has 2 aliphatic heterocycles.